The molecule has 6 heteroatoms. The van der Waals surface area contributed by atoms with Crippen molar-refractivity contribution in [2.75, 3.05) is 26.2 Å². The van der Waals surface area contributed by atoms with Gasteiger partial charge in [-0.05, 0) is 30.5 Å². The van der Waals surface area contributed by atoms with Crippen molar-refractivity contribution in [3.05, 3.63) is 35.6 Å². The van der Waals surface area contributed by atoms with Crippen LogP contribution in [0.1, 0.15) is 37.7 Å². The van der Waals surface area contributed by atoms with Gasteiger partial charge < -0.3 is 15.4 Å². The Morgan fingerprint density at radius 2 is 2.12 bits per heavy atom. The van der Waals surface area contributed by atoms with Crippen LogP contribution in [0.15, 0.2) is 24.3 Å². The summed E-state index contributed by atoms with van der Waals surface area (Å²) < 4.78 is 19.2. The number of nitrogens with one attached hydrogen (secondary N) is 2. The largest absolute Gasteiger partial charge is 0.366 e. The average Bonchev–Trinajstić information content (AvgIpc) is 2.61. The fourth-order valence-corrected chi connectivity index (χ4v) is 3.72. The minimum Gasteiger partial charge on any atom is -0.366 e. The van der Waals surface area contributed by atoms with Gasteiger partial charge >= 0.3 is 0 Å². The SMILES string of the molecule is Cl.O=C(NCC1(c2cccc(F)c2)CCCCC1)C1CNCCO1. The van der Waals surface area contributed by atoms with Crippen LogP contribution in [0.4, 0.5) is 4.39 Å². The smallest absolute Gasteiger partial charge is 0.250 e. The molecule has 3 rings (SSSR count). The predicted molar refractivity (Wildman–Crippen MR) is 94.0 cm³/mol. The summed E-state index contributed by atoms with van der Waals surface area (Å²) in [5.41, 5.74) is 0.846. The number of amides is 1. The van der Waals surface area contributed by atoms with Crippen LogP contribution >= 0.6 is 12.4 Å². The third-order valence-electron chi connectivity index (χ3n) is 5.07. The molecule has 1 saturated heterocycles. The molecule has 2 N–H and O–H groups in total. The maximum Gasteiger partial charge on any atom is 0.250 e. The van der Waals surface area contributed by atoms with E-state index in [1.54, 1.807) is 12.1 Å². The molecule has 1 aliphatic carbocycles. The van der Waals surface area contributed by atoms with Gasteiger partial charge in [0, 0.05) is 25.0 Å². The van der Waals surface area contributed by atoms with Crippen LogP contribution in [0.3, 0.4) is 0 Å². The van der Waals surface area contributed by atoms with Gasteiger partial charge in [0.05, 0.1) is 6.61 Å². The van der Waals surface area contributed by atoms with Crippen LogP contribution < -0.4 is 10.6 Å². The molecule has 0 radical (unpaired) electrons. The Kier molecular flexibility index (Phi) is 7.02. The highest BCUT2D eigenvalue weighted by molar-refractivity contribution is 5.85. The molecule has 2 fully saturated rings. The minimum atomic E-state index is -0.420. The van der Waals surface area contributed by atoms with Gasteiger partial charge in [-0.15, -0.1) is 12.4 Å². The first-order valence-corrected chi connectivity index (χ1v) is 8.56. The fourth-order valence-electron chi connectivity index (χ4n) is 3.72. The van der Waals surface area contributed by atoms with Crippen molar-refractivity contribution in [1.82, 2.24) is 10.6 Å². The number of benzene rings is 1. The molecule has 1 aromatic rings. The third-order valence-corrected chi connectivity index (χ3v) is 5.07. The van der Waals surface area contributed by atoms with E-state index in [9.17, 15) is 9.18 Å². The zero-order valence-electron chi connectivity index (χ0n) is 13.9. The van der Waals surface area contributed by atoms with E-state index >= 15 is 0 Å². The molecule has 1 unspecified atom stereocenters. The van der Waals surface area contributed by atoms with Crippen LogP contribution in [0, 0.1) is 5.82 Å². The molecule has 24 heavy (non-hydrogen) atoms. The van der Waals surface area contributed by atoms with Gasteiger partial charge in [0.15, 0.2) is 0 Å². The molecule has 1 heterocycles. The van der Waals surface area contributed by atoms with E-state index in [4.69, 9.17) is 4.74 Å². The molecular formula is C18H26ClFN2O2. The number of hydrogen-bond donors (Lipinski definition) is 2. The van der Waals surface area contributed by atoms with E-state index in [0.717, 1.165) is 37.8 Å². The number of rotatable bonds is 4. The Hall–Kier alpha value is -1.17. The zero-order chi connectivity index (χ0) is 16.1. The molecule has 2 aliphatic rings. The number of carbonyl (C=O) groups is 1. The second-order valence-corrected chi connectivity index (χ2v) is 6.63. The predicted octanol–water partition coefficient (Wildman–Crippen LogP) is 2.55. The van der Waals surface area contributed by atoms with Crippen molar-refractivity contribution in [3.63, 3.8) is 0 Å². The maximum atomic E-state index is 13.7. The highest BCUT2D eigenvalue weighted by Crippen LogP contribution is 2.39. The van der Waals surface area contributed by atoms with Crippen molar-refractivity contribution in [2.45, 2.75) is 43.6 Å². The Morgan fingerprint density at radius 3 is 2.79 bits per heavy atom. The minimum absolute atomic E-state index is 0. The molecule has 0 aromatic heterocycles. The van der Waals surface area contributed by atoms with Crippen molar-refractivity contribution < 1.29 is 13.9 Å². The lowest BCUT2D eigenvalue weighted by Crippen LogP contribution is -2.51. The molecule has 1 aromatic carbocycles. The lowest BCUT2D eigenvalue weighted by Gasteiger charge is -2.38. The van der Waals surface area contributed by atoms with Crippen LogP contribution in [0.2, 0.25) is 0 Å². The molecule has 134 valence electrons. The molecule has 1 amide bonds. The maximum absolute atomic E-state index is 13.7. The lowest BCUT2D eigenvalue weighted by atomic mass is 9.69. The van der Waals surface area contributed by atoms with Crippen molar-refractivity contribution in [2.24, 2.45) is 0 Å². The average molecular weight is 357 g/mol. The topological polar surface area (TPSA) is 50.4 Å². The van der Waals surface area contributed by atoms with E-state index in [1.165, 1.54) is 12.5 Å². The Labute approximate surface area is 148 Å². The zero-order valence-corrected chi connectivity index (χ0v) is 14.7. The quantitative estimate of drug-likeness (QED) is 0.871. The summed E-state index contributed by atoms with van der Waals surface area (Å²) in [6.45, 7) is 2.46. The van der Waals surface area contributed by atoms with E-state index in [-0.39, 0.29) is 29.5 Å². The van der Waals surface area contributed by atoms with E-state index in [2.05, 4.69) is 10.6 Å². The molecular weight excluding hydrogens is 331 g/mol. The summed E-state index contributed by atoms with van der Waals surface area (Å²) in [4.78, 5) is 12.3. The number of ether oxygens (including phenoxy) is 1. The van der Waals surface area contributed by atoms with Gasteiger partial charge in [0.25, 0.3) is 0 Å². The molecule has 4 nitrogen and oxygen atoms in total. The van der Waals surface area contributed by atoms with Gasteiger partial charge in [-0.1, -0.05) is 31.4 Å². The van der Waals surface area contributed by atoms with Gasteiger partial charge in [-0.25, -0.2) is 4.39 Å². The Morgan fingerprint density at radius 1 is 1.33 bits per heavy atom. The van der Waals surface area contributed by atoms with E-state index in [0.29, 0.717) is 19.7 Å². The van der Waals surface area contributed by atoms with Gasteiger partial charge in [0.1, 0.15) is 11.9 Å². The summed E-state index contributed by atoms with van der Waals surface area (Å²) in [6.07, 6.45) is 5.00. The highest BCUT2D eigenvalue weighted by Gasteiger charge is 2.35. The molecule has 1 aliphatic heterocycles. The third kappa shape index (κ3) is 4.47. The summed E-state index contributed by atoms with van der Waals surface area (Å²) in [5.74, 6) is -0.280. The van der Waals surface area contributed by atoms with Gasteiger partial charge in [-0.2, -0.15) is 0 Å². The normalized spacial score (nSPS) is 23.1. The monoisotopic (exact) mass is 356 g/mol. The number of hydrogen-bond acceptors (Lipinski definition) is 3. The standard InChI is InChI=1S/C18H25FN2O2.ClH/c19-15-6-4-5-14(11-15)18(7-2-1-3-8-18)13-21-17(22)16-12-20-9-10-23-16;/h4-6,11,16,20H,1-3,7-10,12-13H2,(H,21,22);1H. The molecule has 0 bridgehead atoms. The molecule has 0 spiro atoms. The summed E-state index contributed by atoms with van der Waals surface area (Å²) >= 11 is 0. The number of carbonyl (C=O) groups excluding carboxylic acids is 1. The summed E-state index contributed by atoms with van der Waals surface area (Å²) in [5, 5.41) is 6.22. The highest BCUT2D eigenvalue weighted by atomic mass is 35.5. The number of morpholine rings is 1. The Bertz CT molecular complexity index is 544. The number of halogens is 2. The van der Waals surface area contributed by atoms with Crippen molar-refractivity contribution in [3.8, 4) is 0 Å². The summed E-state index contributed by atoms with van der Waals surface area (Å²) in [7, 11) is 0. The molecule has 1 saturated carbocycles. The van der Waals surface area contributed by atoms with E-state index in [1.807, 2.05) is 6.07 Å². The van der Waals surface area contributed by atoms with Crippen LogP contribution in [0.25, 0.3) is 0 Å². The second-order valence-electron chi connectivity index (χ2n) is 6.63. The molecule has 1 atom stereocenters. The first-order valence-electron chi connectivity index (χ1n) is 8.56. The van der Waals surface area contributed by atoms with Crippen molar-refractivity contribution in [1.29, 1.82) is 0 Å². The van der Waals surface area contributed by atoms with E-state index < -0.39 is 6.10 Å². The first-order chi connectivity index (χ1) is 11.2. The van der Waals surface area contributed by atoms with Gasteiger partial charge in [0.2, 0.25) is 5.91 Å². The Balaban J connectivity index is 0.00000208. The van der Waals surface area contributed by atoms with Crippen molar-refractivity contribution >= 4 is 18.3 Å². The second kappa shape index (κ2) is 8.79. The van der Waals surface area contributed by atoms with Crippen LogP contribution in [-0.2, 0) is 14.9 Å². The fraction of sp³-hybridized carbons (Fsp3) is 0.611. The summed E-state index contributed by atoms with van der Waals surface area (Å²) in [6, 6.07) is 6.84. The lowest BCUT2D eigenvalue weighted by molar-refractivity contribution is -0.134. The van der Waals surface area contributed by atoms with Gasteiger partial charge in [-0.3, -0.25) is 4.79 Å². The first kappa shape index (κ1) is 19.2. The van der Waals surface area contributed by atoms with Crippen LogP contribution in [-0.4, -0.2) is 38.3 Å². The van der Waals surface area contributed by atoms with Crippen LogP contribution in [0.5, 0.6) is 0 Å².